The number of hydrogen-bond acceptors (Lipinski definition) is 3. The lowest BCUT2D eigenvalue weighted by Crippen LogP contribution is -1.93. The van der Waals surface area contributed by atoms with E-state index in [0.29, 0.717) is 23.2 Å². The predicted molar refractivity (Wildman–Crippen MR) is 44.3 cm³/mol. The summed E-state index contributed by atoms with van der Waals surface area (Å²) in [5.41, 5.74) is 1.09. The van der Waals surface area contributed by atoms with Crippen molar-refractivity contribution in [2.45, 2.75) is 6.61 Å². The number of methoxy groups -OCH3 is 1. The average molecular weight is 166 g/mol. The van der Waals surface area contributed by atoms with E-state index >= 15 is 0 Å². The summed E-state index contributed by atoms with van der Waals surface area (Å²) in [6.45, 7) is -0.148. The Morgan fingerprint density at radius 3 is 2.83 bits per heavy atom. The number of hydrogen-bond donors (Lipinski definition) is 1. The van der Waals surface area contributed by atoms with Crippen LogP contribution in [0.1, 0.15) is 15.9 Å². The number of benzene rings is 1. The fraction of sp³-hybridized carbons (Fsp3) is 0.222. The summed E-state index contributed by atoms with van der Waals surface area (Å²) >= 11 is 0. The van der Waals surface area contributed by atoms with Crippen LogP contribution < -0.4 is 4.74 Å². The van der Waals surface area contributed by atoms with Gasteiger partial charge in [0.2, 0.25) is 0 Å². The van der Waals surface area contributed by atoms with Crippen LogP contribution in [0.3, 0.4) is 0 Å². The van der Waals surface area contributed by atoms with Gasteiger partial charge in [-0.1, -0.05) is 0 Å². The maximum absolute atomic E-state index is 10.4. The summed E-state index contributed by atoms with van der Waals surface area (Å²) < 4.78 is 4.93. The Morgan fingerprint density at radius 2 is 2.33 bits per heavy atom. The summed E-state index contributed by atoms with van der Waals surface area (Å²) in [4.78, 5) is 10.4. The number of carbonyl (C=O) groups is 1. The SMILES string of the molecule is COc1ccc(C=O)c(CO)c1. The zero-order valence-electron chi connectivity index (χ0n) is 6.78. The van der Waals surface area contributed by atoms with Gasteiger partial charge in [0.15, 0.2) is 0 Å². The highest BCUT2D eigenvalue weighted by Crippen LogP contribution is 2.16. The summed E-state index contributed by atoms with van der Waals surface area (Å²) in [7, 11) is 1.54. The molecule has 0 radical (unpaired) electrons. The third-order valence-corrected chi connectivity index (χ3v) is 1.65. The molecule has 0 saturated heterocycles. The highest BCUT2D eigenvalue weighted by atomic mass is 16.5. The van der Waals surface area contributed by atoms with Gasteiger partial charge in [-0.15, -0.1) is 0 Å². The second kappa shape index (κ2) is 3.88. The smallest absolute Gasteiger partial charge is 0.150 e. The molecule has 0 spiro atoms. The van der Waals surface area contributed by atoms with Gasteiger partial charge in [-0.3, -0.25) is 4.79 Å². The third kappa shape index (κ3) is 1.62. The van der Waals surface area contributed by atoms with Crippen LogP contribution in [0.4, 0.5) is 0 Å². The second-order valence-corrected chi connectivity index (χ2v) is 2.34. The topological polar surface area (TPSA) is 46.5 Å². The normalized spacial score (nSPS) is 9.50. The first kappa shape index (κ1) is 8.74. The molecule has 0 amide bonds. The second-order valence-electron chi connectivity index (χ2n) is 2.34. The molecule has 3 heteroatoms. The fourth-order valence-electron chi connectivity index (χ4n) is 0.961. The van der Waals surface area contributed by atoms with Gasteiger partial charge in [0.1, 0.15) is 12.0 Å². The number of aliphatic hydroxyl groups excluding tert-OH is 1. The van der Waals surface area contributed by atoms with Crippen molar-refractivity contribution in [1.82, 2.24) is 0 Å². The molecule has 0 atom stereocenters. The van der Waals surface area contributed by atoms with Crippen molar-refractivity contribution in [3.63, 3.8) is 0 Å². The Morgan fingerprint density at radius 1 is 1.58 bits per heavy atom. The van der Waals surface area contributed by atoms with E-state index in [1.165, 1.54) is 7.11 Å². The first-order valence-electron chi connectivity index (χ1n) is 3.54. The van der Waals surface area contributed by atoms with E-state index in [9.17, 15) is 4.79 Å². The van der Waals surface area contributed by atoms with Crippen LogP contribution in [0, 0.1) is 0 Å². The highest BCUT2D eigenvalue weighted by Gasteiger charge is 2.01. The maximum atomic E-state index is 10.4. The molecule has 0 unspecified atom stereocenters. The van der Waals surface area contributed by atoms with Gasteiger partial charge in [-0.05, 0) is 23.8 Å². The third-order valence-electron chi connectivity index (χ3n) is 1.65. The lowest BCUT2D eigenvalue weighted by molar-refractivity contribution is 0.112. The van der Waals surface area contributed by atoms with E-state index in [2.05, 4.69) is 0 Å². The van der Waals surface area contributed by atoms with Gasteiger partial charge >= 0.3 is 0 Å². The quantitative estimate of drug-likeness (QED) is 0.681. The summed E-state index contributed by atoms with van der Waals surface area (Å²) in [5.74, 6) is 0.643. The monoisotopic (exact) mass is 166 g/mol. The highest BCUT2D eigenvalue weighted by molar-refractivity contribution is 5.77. The largest absolute Gasteiger partial charge is 0.497 e. The van der Waals surface area contributed by atoms with Gasteiger partial charge in [0.05, 0.1) is 13.7 Å². The molecule has 0 aliphatic carbocycles. The van der Waals surface area contributed by atoms with Crippen LogP contribution in [0.15, 0.2) is 18.2 Å². The molecular weight excluding hydrogens is 156 g/mol. The first-order chi connectivity index (χ1) is 5.81. The first-order valence-corrected chi connectivity index (χ1v) is 3.54. The number of aliphatic hydroxyl groups is 1. The lowest BCUT2D eigenvalue weighted by Gasteiger charge is -2.03. The molecule has 1 rings (SSSR count). The van der Waals surface area contributed by atoms with Crippen molar-refractivity contribution >= 4 is 6.29 Å². The summed E-state index contributed by atoms with van der Waals surface area (Å²) in [5, 5.41) is 8.86. The molecule has 0 aliphatic heterocycles. The Labute approximate surface area is 70.6 Å². The van der Waals surface area contributed by atoms with E-state index in [1.54, 1.807) is 18.2 Å². The Kier molecular flexibility index (Phi) is 2.82. The number of rotatable bonds is 3. The zero-order chi connectivity index (χ0) is 8.97. The molecule has 0 saturated carbocycles. The van der Waals surface area contributed by atoms with E-state index in [4.69, 9.17) is 9.84 Å². The zero-order valence-corrected chi connectivity index (χ0v) is 6.78. The number of ether oxygens (including phenoxy) is 1. The van der Waals surface area contributed by atoms with E-state index < -0.39 is 0 Å². The lowest BCUT2D eigenvalue weighted by atomic mass is 10.1. The van der Waals surface area contributed by atoms with E-state index in [0.717, 1.165) is 0 Å². The minimum atomic E-state index is -0.148. The van der Waals surface area contributed by atoms with Crippen LogP contribution in [-0.4, -0.2) is 18.5 Å². The maximum Gasteiger partial charge on any atom is 0.150 e. The molecule has 64 valence electrons. The van der Waals surface area contributed by atoms with Crippen LogP contribution in [0.2, 0.25) is 0 Å². The fourth-order valence-corrected chi connectivity index (χ4v) is 0.961. The Hall–Kier alpha value is -1.35. The van der Waals surface area contributed by atoms with Crippen molar-refractivity contribution in [3.8, 4) is 5.75 Å². The van der Waals surface area contributed by atoms with Gasteiger partial charge < -0.3 is 9.84 Å². The van der Waals surface area contributed by atoms with Gasteiger partial charge in [0, 0.05) is 5.56 Å². The van der Waals surface area contributed by atoms with Crippen LogP contribution in [0.5, 0.6) is 5.75 Å². The molecule has 0 fully saturated rings. The minimum absolute atomic E-state index is 0.148. The Balaban J connectivity index is 3.10. The van der Waals surface area contributed by atoms with Crippen molar-refractivity contribution in [1.29, 1.82) is 0 Å². The van der Waals surface area contributed by atoms with Crippen molar-refractivity contribution in [3.05, 3.63) is 29.3 Å². The minimum Gasteiger partial charge on any atom is -0.497 e. The van der Waals surface area contributed by atoms with Crippen LogP contribution in [-0.2, 0) is 6.61 Å². The van der Waals surface area contributed by atoms with Gasteiger partial charge in [-0.2, -0.15) is 0 Å². The molecule has 0 aliphatic rings. The van der Waals surface area contributed by atoms with E-state index in [1.807, 2.05) is 0 Å². The van der Waals surface area contributed by atoms with Crippen molar-refractivity contribution in [2.24, 2.45) is 0 Å². The van der Waals surface area contributed by atoms with Crippen LogP contribution >= 0.6 is 0 Å². The van der Waals surface area contributed by atoms with E-state index in [-0.39, 0.29) is 6.61 Å². The van der Waals surface area contributed by atoms with Crippen LogP contribution in [0.25, 0.3) is 0 Å². The van der Waals surface area contributed by atoms with Gasteiger partial charge in [-0.25, -0.2) is 0 Å². The standard InChI is InChI=1S/C9H10O3/c1-12-9-3-2-7(5-10)8(4-9)6-11/h2-5,11H,6H2,1H3. The molecule has 12 heavy (non-hydrogen) atoms. The number of aldehydes is 1. The predicted octanol–water partition coefficient (Wildman–Crippen LogP) is 1.00. The molecular formula is C9H10O3. The Bertz CT molecular complexity index is 281. The molecule has 1 aromatic carbocycles. The molecule has 0 bridgehead atoms. The molecule has 0 heterocycles. The van der Waals surface area contributed by atoms with Crippen molar-refractivity contribution < 1.29 is 14.6 Å². The number of carbonyl (C=O) groups excluding carboxylic acids is 1. The van der Waals surface area contributed by atoms with Crippen molar-refractivity contribution in [2.75, 3.05) is 7.11 Å². The molecule has 3 nitrogen and oxygen atoms in total. The molecule has 1 N–H and O–H groups in total. The average Bonchev–Trinajstić information content (AvgIpc) is 2.16. The molecule has 0 aromatic heterocycles. The summed E-state index contributed by atoms with van der Waals surface area (Å²) in [6.07, 6.45) is 0.713. The molecule has 1 aromatic rings. The van der Waals surface area contributed by atoms with Gasteiger partial charge in [0.25, 0.3) is 0 Å². The summed E-state index contributed by atoms with van der Waals surface area (Å²) in [6, 6.07) is 4.95.